The summed E-state index contributed by atoms with van der Waals surface area (Å²) in [5.74, 6) is 0.938. The summed E-state index contributed by atoms with van der Waals surface area (Å²) in [7, 11) is 1.68. The van der Waals surface area contributed by atoms with Crippen molar-refractivity contribution in [3.8, 4) is 5.75 Å². The third-order valence-electron chi connectivity index (χ3n) is 1.48. The molecule has 46 valence electrons. The Morgan fingerprint density at radius 3 is 2.67 bits per heavy atom. The lowest BCUT2D eigenvalue weighted by Gasteiger charge is -1.92. The largest absolute Gasteiger partial charge is 0.494 e. The minimum atomic E-state index is 0.938. The normalized spacial score (nSPS) is 10.8. The van der Waals surface area contributed by atoms with E-state index in [9.17, 15) is 0 Å². The average molecular weight is 121 g/mol. The van der Waals surface area contributed by atoms with Crippen LogP contribution in [-0.2, 0) is 0 Å². The number of ether oxygens (including phenoxy) is 1. The number of aromatic amines is 1. The number of aromatic nitrogens is 1. The first kappa shape index (κ1) is 4.68. The van der Waals surface area contributed by atoms with Crippen molar-refractivity contribution in [2.75, 3.05) is 7.11 Å². The Morgan fingerprint density at radius 2 is 2.33 bits per heavy atom. The molecule has 2 heterocycles. The third-order valence-corrected chi connectivity index (χ3v) is 1.48. The molecule has 2 heteroatoms. The number of benzene rings is 1. The molecule has 0 aliphatic heterocycles. The molecule has 2 aromatic rings. The molecule has 9 heavy (non-hydrogen) atoms. The molecule has 2 aromatic heterocycles. The lowest BCUT2D eigenvalue weighted by molar-refractivity contribution is 0.420. The first-order valence-electron chi connectivity index (χ1n) is 2.85. The Kier molecular flexibility index (Phi) is 0.730. The van der Waals surface area contributed by atoms with Crippen molar-refractivity contribution in [2.24, 2.45) is 0 Å². The molecule has 0 unspecified atom stereocenters. The van der Waals surface area contributed by atoms with Gasteiger partial charge in [-0.25, -0.2) is 0 Å². The Hall–Kier alpha value is -1.18. The fraction of sp³-hybridized carbons (Fsp3) is 0.143. The summed E-state index contributed by atoms with van der Waals surface area (Å²) in [6, 6.07) is 6.02. The van der Waals surface area contributed by atoms with Gasteiger partial charge in [-0.1, -0.05) is 0 Å². The summed E-state index contributed by atoms with van der Waals surface area (Å²) in [6.45, 7) is 0. The van der Waals surface area contributed by atoms with E-state index in [0.717, 1.165) is 16.8 Å². The van der Waals surface area contributed by atoms with Crippen LogP contribution in [0.1, 0.15) is 0 Å². The zero-order valence-corrected chi connectivity index (χ0v) is 5.14. The maximum Gasteiger partial charge on any atom is 0.144 e. The maximum absolute atomic E-state index is 5.03. The van der Waals surface area contributed by atoms with Gasteiger partial charge in [-0.3, -0.25) is 0 Å². The van der Waals surface area contributed by atoms with Crippen molar-refractivity contribution < 1.29 is 4.74 Å². The lowest BCUT2D eigenvalue weighted by Crippen LogP contribution is -1.78. The second-order valence-corrected chi connectivity index (χ2v) is 2.04. The van der Waals surface area contributed by atoms with Crippen LogP contribution in [0.25, 0.3) is 11.0 Å². The van der Waals surface area contributed by atoms with Crippen LogP contribution < -0.4 is 4.74 Å². The summed E-state index contributed by atoms with van der Waals surface area (Å²) >= 11 is 0. The number of hydrogen-bond donors (Lipinski definition) is 1. The van der Waals surface area contributed by atoms with Gasteiger partial charge in [0.05, 0.1) is 12.6 Å². The molecule has 0 saturated heterocycles. The third kappa shape index (κ3) is 0.499. The summed E-state index contributed by atoms with van der Waals surface area (Å²) < 4.78 is 5.03. The number of hydrogen-bond acceptors (Lipinski definition) is 1. The topological polar surface area (TPSA) is 25.0 Å². The Morgan fingerprint density at radius 1 is 1.44 bits per heavy atom. The average Bonchev–Trinajstić information content (AvgIpc) is 2.45. The van der Waals surface area contributed by atoms with E-state index in [1.807, 2.05) is 18.2 Å². The molecule has 0 aromatic carbocycles. The van der Waals surface area contributed by atoms with Gasteiger partial charge in [0.25, 0.3) is 0 Å². The van der Waals surface area contributed by atoms with E-state index in [0.29, 0.717) is 0 Å². The molecule has 2 nitrogen and oxygen atoms in total. The fourth-order valence-electron chi connectivity index (χ4n) is 1.03. The number of fused-ring (bicyclic) bond motifs is 2. The summed E-state index contributed by atoms with van der Waals surface area (Å²) in [4.78, 5) is 3.13. The highest BCUT2D eigenvalue weighted by molar-refractivity contribution is 5.74. The Balaban J connectivity index is 2.72. The molecule has 0 aliphatic rings. The van der Waals surface area contributed by atoms with E-state index in [4.69, 9.17) is 4.74 Å². The van der Waals surface area contributed by atoms with Crippen LogP contribution in [0.3, 0.4) is 0 Å². The quantitative estimate of drug-likeness (QED) is 0.609. The zero-order valence-electron chi connectivity index (χ0n) is 5.14. The summed E-state index contributed by atoms with van der Waals surface area (Å²) in [5, 5.41) is 0. The lowest BCUT2D eigenvalue weighted by atomic mass is 10.3. The second kappa shape index (κ2) is 1.41. The molecular weight excluding hydrogens is 114 g/mol. The van der Waals surface area contributed by atoms with E-state index in [1.54, 1.807) is 7.11 Å². The molecule has 2 bridgehead atoms. The smallest absolute Gasteiger partial charge is 0.144 e. The van der Waals surface area contributed by atoms with E-state index in [2.05, 4.69) is 4.98 Å². The number of nitrogens with one attached hydrogen (secondary N) is 1. The highest BCUT2D eigenvalue weighted by Gasteiger charge is 2.01. The molecule has 0 fully saturated rings. The molecule has 0 saturated carbocycles. The maximum atomic E-state index is 5.03. The minimum absolute atomic E-state index is 0.938. The van der Waals surface area contributed by atoms with Crippen molar-refractivity contribution in [3.63, 3.8) is 0 Å². The van der Waals surface area contributed by atoms with Gasteiger partial charge in [-0.2, -0.15) is 0 Å². The first-order chi connectivity index (χ1) is 4.40. The van der Waals surface area contributed by atoms with Gasteiger partial charge in [-0.05, 0) is 12.1 Å². The number of H-pyrrole nitrogens is 1. The Bertz CT molecular complexity index is 299. The van der Waals surface area contributed by atoms with Gasteiger partial charge in [0.1, 0.15) is 5.75 Å². The van der Waals surface area contributed by atoms with Crippen LogP contribution in [-0.4, -0.2) is 12.1 Å². The van der Waals surface area contributed by atoms with Gasteiger partial charge in [0, 0.05) is 11.6 Å². The monoisotopic (exact) mass is 121 g/mol. The van der Waals surface area contributed by atoms with Gasteiger partial charge in [0.15, 0.2) is 0 Å². The SMILES string of the molecule is COc1cc2ccc1[nH]2. The van der Waals surface area contributed by atoms with Crippen LogP contribution in [0.2, 0.25) is 0 Å². The molecule has 0 radical (unpaired) electrons. The van der Waals surface area contributed by atoms with Crippen molar-refractivity contribution in [3.05, 3.63) is 18.2 Å². The van der Waals surface area contributed by atoms with Gasteiger partial charge in [-0.15, -0.1) is 0 Å². The van der Waals surface area contributed by atoms with Crippen LogP contribution >= 0.6 is 0 Å². The van der Waals surface area contributed by atoms with Crippen molar-refractivity contribution in [1.29, 1.82) is 0 Å². The van der Waals surface area contributed by atoms with Crippen LogP contribution in [0, 0.1) is 0 Å². The summed E-state index contributed by atoms with van der Waals surface area (Å²) in [5.41, 5.74) is 2.20. The minimum Gasteiger partial charge on any atom is -0.494 e. The molecule has 0 spiro atoms. The second-order valence-electron chi connectivity index (χ2n) is 2.04. The number of rotatable bonds is 1. The van der Waals surface area contributed by atoms with Crippen molar-refractivity contribution in [1.82, 2.24) is 4.98 Å². The van der Waals surface area contributed by atoms with E-state index >= 15 is 0 Å². The molecule has 0 amide bonds. The van der Waals surface area contributed by atoms with Gasteiger partial charge in [0.2, 0.25) is 0 Å². The molecule has 0 aliphatic carbocycles. The molecule has 2 rings (SSSR count). The molecule has 1 N–H and O–H groups in total. The van der Waals surface area contributed by atoms with Crippen LogP contribution in [0.15, 0.2) is 18.2 Å². The molecular formula is C7H7NO. The van der Waals surface area contributed by atoms with E-state index in [-0.39, 0.29) is 0 Å². The predicted molar refractivity (Wildman–Crippen MR) is 36.0 cm³/mol. The fourth-order valence-corrected chi connectivity index (χ4v) is 1.03. The van der Waals surface area contributed by atoms with E-state index < -0.39 is 0 Å². The van der Waals surface area contributed by atoms with Gasteiger partial charge >= 0.3 is 0 Å². The number of methoxy groups -OCH3 is 1. The zero-order chi connectivity index (χ0) is 6.27. The van der Waals surface area contributed by atoms with Gasteiger partial charge < -0.3 is 9.72 Å². The first-order valence-corrected chi connectivity index (χ1v) is 2.85. The summed E-state index contributed by atoms with van der Waals surface area (Å²) in [6.07, 6.45) is 0. The van der Waals surface area contributed by atoms with Crippen molar-refractivity contribution in [2.45, 2.75) is 0 Å². The van der Waals surface area contributed by atoms with Crippen LogP contribution in [0.5, 0.6) is 5.75 Å². The highest BCUT2D eigenvalue weighted by atomic mass is 16.5. The molecule has 0 atom stereocenters. The van der Waals surface area contributed by atoms with Crippen molar-refractivity contribution >= 4 is 11.0 Å². The highest BCUT2D eigenvalue weighted by Crippen LogP contribution is 2.23. The predicted octanol–water partition coefficient (Wildman–Crippen LogP) is 1.61. The standard InChI is InChI=1S/C7H7NO/c1-9-7-4-5-2-3-6(7)8-5/h2-4,8H,1H3. The van der Waals surface area contributed by atoms with E-state index in [1.165, 1.54) is 0 Å². The van der Waals surface area contributed by atoms with Crippen LogP contribution in [0.4, 0.5) is 0 Å². The Labute approximate surface area is 52.8 Å².